The molecule has 2 aromatic heterocycles. The van der Waals surface area contributed by atoms with Crippen molar-refractivity contribution in [1.29, 1.82) is 0 Å². The summed E-state index contributed by atoms with van der Waals surface area (Å²) in [7, 11) is 0. The van der Waals surface area contributed by atoms with E-state index in [1.807, 2.05) is 30.5 Å². The zero-order valence-electron chi connectivity index (χ0n) is 13.7. The maximum atomic E-state index is 12.2. The Hall–Kier alpha value is -3.16. The summed E-state index contributed by atoms with van der Waals surface area (Å²) in [4.78, 5) is 12.2. The number of carbonyl (C=O) groups is 1. The third-order valence-corrected chi connectivity index (χ3v) is 4.27. The predicted octanol–water partition coefficient (Wildman–Crippen LogP) is 2.45. The first kappa shape index (κ1) is 15.4. The van der Waals surface area contributed by atoms with Gasteiger partial charge in [0.2, 0.25) is 11.8 Å². The molecule has 4 rings (SSSR count). The van der Waals surface area contributed by atoms with E-state index in [2.05, 4.69) is 31.0 Å². The lowest BCUT2D eigenvalue weighted by atomic mass is 9.94. The molecule has 0 bridgehead atoms. The molecule has 8 heteroatoms. The Morgan fingerprint density at radius 2 is 2.12 bits per heavy atom. The molecule has 1 atom stereocenters. The summed E-state index contributed by atoms with van der Waals surface area (Å²) in [6.45, 7) is 1.74. The monoisotopic (exact) mass is 338 g/mol. The minimum atomic E-state index is -0.210. The van der Waals surface area contributed by atoms with Crippen LogP contribution in [0.5, 0.6) is 0 Å². The van der Waals surface area contributed by atoms with Crippen molar-refractivity contribution in [2.24, 2.45) is 0 Å². The molecule has 1 aliphatic carbocycles. The first-order chi connectivity index (χ1) is 12.2. The summed E-state index contributed by atoms with van der Waals surface area (Å²) < 4.78 is 5.38. The molecule has 0 fully saturated rings. The number of nitrogens with zero attached hydrogens (tertiary/aromatic N) is 3. The van der Waals surface area contributed by atoms with Crippen molar-refractivity contribution >= 4 is 11.7 Å². The van der Waals surface area contributed by atoms with Crippen LogP contribution in [-0.2, 0) is 12.8 Å². The third-order valence-electron chi connectivity index (χ3n) is 4.27. The first-order valence-electron chi connectivity index (χ1n) is 8.16. The van der Waals surface area contributed by atoms with Gasteiger partial charge >= 0.3 is 6.03 Å². The summed E-state index contributed by atoms with van der Waals surface area (Å²) in [5, 5.41) is 20.7. The normalized spacial score (nSPS) is 16.3. The van der Waals surface area contributed by atoms with E-state index in [1.165, 1.54) is 11.3 Å². The van der Waals surface area contributed by atoms with Crippen molar-refractivity contribution in [3.63, 3.8) is 0 Å². The van der Waals surface area contributed by atoms with Crippen molar-refractivity contribution in [2.45, 2.75) is 32.2 Å². The van der Waals surface area contributed by atoms with E-state index in [-0.39, 0.29) is 12.1 Å². The van der Waals surface area contributed by atoms with E-state index < -0.39 is 0 Å². The molecule has 0 aliphatic heterocycles. The molecule has 8 nitrogen and oxygen atoms in total. The number of aryl methyl sites for hydroxylation is 2. The summed E-state index contributed by atoms with van der Waals surface area (Å²) in [5.41, 5.74) is 3.87. The lowest BCUT2D eigenvalue weighted by molar-refractivity contribution is 0.247. The molecule has 0 spiro atoms. The number of anilines is 1. The number of hydrogen-bond acceptors (Lipinski definition) is 5. The van der Waals surface area contributed by atoms with Gasteiger partial charge in [-0.2, -0.15) is 5.10 Å². The van der Waals surface area contributed by atoms with Gasteiger partial charge in [-0.25, -0.2) is 4.79 Å². The molecule has 1 aliphatic rings. The van der Waals surface area contributed by atoms with Crippen LogP contribution in [0.15, 0.2) is 34.9 Å². The summed E-state index contributed by atoms with van der Waals surface area (Å²) in [5.74, 6) is 0.983. The smallest absolute Gasteiger partial charge is 0.319 e. The number of carbonyl (C=O) groups excluding carboxylic acids is 1. The van der Waals surface area contributed by atoms with Crippen molar-refractivity contribution in [3.05, 3.63) is 47.6 Å². The Balaban J connectivity index is 1.35. The average Bonchev–Trinajstić information content (AvgIpc) is 3.24. The predicted molar refractivity (Wildman–Crippen MR) is 91.0 cm³/mol. The van der Waals surface area contributed by atoms with Gasteiger partial charge in [-0.05, 0) is 49.1 Å². The lowest BCUT2D eigenvalue weighted by Gasteiger charge is -2.23. The van der Waals surface area contributed by atoms with Crippen molar-refractivity contribution < 1.29 is 9.21 Å². The Kier molecular flexibility index (Phi) is 3.93. The number of rotatable bonds is 3. The van der Waals surface area contributed by atoms with Crippen LogP contribution in [-0.4, -0.2) is 32.5 Å². The van der Waals surface area contributed by atoms with Gasteiger partial charge in [-0.15, -0.1) is 10.2 Å². The van der Waals surface area contributed by atoms with E-state index in [9.17, 15) is 4.79 Å². The van der Waals surface area contributed by atoms with E-state index in [4.69, 9.17) is 4.42 Å². The van der Waals surface area contributed by atoms with Crippen LogP contribution in [0, 0.1) is 6.92 Å². The number of benzene rings is 1. The summed E-state index contributed by atoms with van der Waals surface area (Å²) in [6, 6.07) is 7.19. The van der Waals surface area contributed by atoms with Crippen LogP contribution in [0.25, 0.3) is 11.5 Å². The number of nitrogens with one attached hydrogen (secondary N) is 3. The minimum absolute atomic E-state index is 0.116. The second kappa shape index (κ2) is 6.39. The number of urea groups is 1. The largest absolute Gasteiger partial charge is 0.421 e. The zero-order valence-corrected chi connectivity index (χ0v) is 13.7. The number of aromatic amines is 1. The van der Waals surface area contributed by atoms with E-state index in [0.717, 1.165) is 24.8 Å². The van der Waals surface area contributed by atoms with Crippen LogP contribution >= 0.6 is 0 Å². The highest BCUT2D eigenvalue weighted by molar-refractivity contribution is 5.89. The molecule has 0 unspecified atom stereocenters. The Labute approximate surface area is 144 Å². The van der Waals surface area contributed by atoms with Crippen LogP contribution in [0.2, 0.25) is 0 Å². The van der Waals surface area contributed by atoms with Crippen molar-refractivity contribution in [3.8, 4) is 11.5 Å². The van der Waals surface area contributed by atoms with E-state index in [1.54, 1.807) is 6.92 Å². The molecule has 0 saturated carbocycles. The average molecular weight is 338 g/mol. The van der Waals surface area contributed by atoms with Gasteiger partial charge in [0.25, 0.3) is 0 Å². The maximum absolute atomic E-state index is 12.2. The second-order valence-electron chi connectivity index (χ2n) is 6.12. The molecule has 2 heterocycles. The Bertz CT molecular complexity index is 883. The molecule has 3 aromatic rings. The molecule has 25 heavy (non-hydrogen) atoms. The SMILES string of the molecule is Cc1nnc(-c2ccc(NC(=O)N[C@H]3CCc4[nH]ncc4C3)cc2)o1. The zero-order chi connectivity index (χ0) is 17.2. The Morgan fingerprint density at radius 3 is 2.88 bits per heavy atom. The van der Waals surface area contributed by atoms with Crippen molar-refractivity contribution in [2.75, 3.05) is 5.32 Å². The topological polar surface area (TPSA) is 109 Å². The fraction of sp³-hybridized carbons (Fsp3) is 0.294. The molecular formula is C17H18N6O2. The summed E-state index contributed by atoms with van der Waals surface area (Å²) >= 11 is 0. The van der Waals surface area contributed by atoms with E-state index >= 15 is 0 Å². The Morgan fingerprint density at radius 1 is 1.28 bits per heavy atom. The second-order valence-corrected chi connectivity index (χ2v) is 6.12. The molecule has 3 N–H and O–H groups in total. The van der Waals surface area contributed by atoms with Gasteiger partial charge in [0.1, 0.15) is 0 Å². The molecule has 1 aromatic carbocycles. The van der Waals surface area contributed by atoms with Crippen LogP contribution < -0.4 is 10.6 Å². The van der Waals surface area contributed by atoms with Gasteiger partial charge < -0.3 is 15.1 Å². The van der Waals surface area contributed by atoms with Gasteiger partial charge in [0, 0.05) is 29.9 Å². The highest BCUT2D eigenvalue weighted by Crippen LogP contribution is 2.21. The standard InChI is InChI=1S/C17H18N6O2/c1-10-21-23-16(25-10)11-2-4-13(5-3-11)19-17(24)20-14-6-7-15-12(8-14)9-18-22-15/h2-5,9,14H,6-8H2,1H3,(H,18,22)(H2,19,20,24)/t14-/m0/s1. The van der Waals surface area contributed by atoms with Crippen LogP contribution in [0.1, 0.15) is 23.6 Å². The summed E-state index contributed by atoms with van der Waals surface area (Å²) in [6.07, 6.45) is 4.43. The molecule has 0 radical (unpaired) electrons. The van der Waals surface area contributed by atoms with Crippen molar-refractivity contribution in [1.82, 2.24) is 25.7 Å². The van der Waals surface area contributed by atoms with Gasteiger partial charge in [-0.1, -0.05) is 0 Å². The third kappa shape index (κ3) is 3.37. The molecule has 128 valence electrons. The van der Waals surface area contributed by atoms with Crippen LogP contribution in [0.4, 0.5) is 10.5 Å². The molecule has 2 amide bonds. The quantitative estimate of drug-likeness (QED) is 0.680. The number of H-pyrrole nitrogens is 1. The number of amides is 2. The number of hydrogen-bond donors (Lipinski definition) is 3. The number of aromatic nitrogens is 4. The van der Waals surface area contributed by atoms with Gasteiger partial charge in [-0.3, -0.25) is 5.10 Å². The fourth-order valence-corrected chi connectivity index (χ4v) is 3.00. The van der Waals surface area contributed by atoms with Crippen LogP contribution in [0.3, 0.4) is 0 Å². The maximum Gasteiger partial charge on any atom is 0.319 e. The van der Waals surface area contributed by atoms with Gasteiger partial charge in [0.15, 0.2) is 0 Å². The fourth-order valence-electron chi connectivity index (χ4n) is 3.00. The number of fused-ring (bicyclic) bond motifs is 1. The lowest BCUT2D eigenvalue weighted by Crippen LogP contribution is -2.41. The first-order valence-corrected chi connectivity index (χ1v) is 8.16. The molecular weight excluding hydrogens is 320 g/mol. The highest BCUT2D eigenvalue weighted by atomic mass is 16.4. The van der Waals surface area contributed by atoms with Gasteiger partial charge in [0.05, 0.1) is 6.20 Å². The highest BCUT2D eigenvalue weighted by Gasteiger charge is 2.21. The molecule has 0 saturated heterocycles. The minimum Gasteiger partial charge on any atom is -0.421 e. The van der Waals surface area contributed by atoms with E-state index in [0.29, 0.717) is 17.5 Å².